The molecule has 2 N–H and O–H groups in total. The normalized spacial score (nSPS) is 9.60. The van der Waals surface area contributed by atoms with E-state index in [-0.39, 0.29) is 11.4 Å². The van der Waals surface area contributed by atoms with E-state index in [1.165, 1.54) is 29.3 Å². The Morgan fingerprint density at radius 3 is 1.60 bits per heavy atom. The standard InChI is InChI=1S/C12H11N.C6H4N2O4/c13-12-8-6-11(7-9-12)10-4-2-1-3-5-10;9-7(10)5-2-1-3-6(4-5)8(11)12/h1-9H,13H2;1-4H. The SMILES string of the molecule is Nc1ccc(-c2ccccc2)cc1.O=[N+]([O-])c1cccc([N+](=O)[O-])c1. The van der Waals surface area contributed by atoms with Crippen molar-refractivity contribution >= 4 is 17.1 Å². The van der Waals surface area contributed by atoms with Gasteiger partial charge in [0.2, 0.25) is 0 Å². The molecule has 0 saturated heterocycles. The van der Waals surface area contributed by atoms with Gasteiger partial charge in [-0.2, -0.15) is 0 Å². The molecule has 0 heterocycles. The zero-order valence-electron chi connectivity index (χ0n) is 13.1. The Hall–Kier alpha value is -3.74. The molecule has 3 aromatic rings. The molecule has 0 fully saturated rings. The molecule has 0 amide bonds. The molecule has 7 heteroatoms. The number of nitrogen functional groups attached to an aromatic ring is 1. The fraction of sp³-hybridized carbons (Fsp3) is 0. The highest BCUT2D eigenvalue weighted by atomic mass is 16.6. The van der Waals surface area contributed by atoms with Crippen LogP contribution in [-0.2, 0) is 0 Å². The van der Waals surface area contributed by atoms with Crippen molar-refractivity contribution in [1.29, 1.82) is 0 Å². The van der Waals surface area contributed by atoms with Crippen LogP contribution in [0.15, 0.2) is 78.9 Å². The van der Waals surface area contributed by atoms with Crippen molar-refractivity contribution in [3.05, 3.63) is 99.1 Å². The summed E-state index contributed by atoms with van der Waals surface area (Å²) in [6.45, 7) is 0. The first-order valence-corrected chi connectivity index (χ1v) is 7.27. The van der Waals surface area contributed by atoms with Gasteiger partial charge in [-0.15, -0.1) is 0 Å². The minimum atomic E-state index is -0.674. The third-order valence-electron chi connectivity index (χ3n) is 3.27. The van der Waals surface area contributed by atoms with Crippen LogP contribution >= 0.6 is 0 Å². The van der Waals surface area contributed by atoms with Crippen LogP contribution in [0.1, 0.15) is 0 Å². The molecule has 126 valence electrons. The van der Waals surface area contributed by atoms with Gasteiger partial charge in [-0.3, -0.25) is 20.2 Å². The zero-order chi connectivity index (χ0) is 18.2. The van der Waals surface area contributed by atoms with Gasteiger partial charge in [-0.25, -0.2) is 0 Å². The van der Waals surface area contributed by atoms with E-state index in [0.717, 1.165) is 11.8 Å². The highest BCUT2D eigenvalue weighted by Gasteiger charge is 2.11. The molecular weight excluding hydrogens is 322 g/mol. The molecule has 0 aliphatic rings. The van der Waals surface area contributed by atoms with Gasteiger partial charge in [-0.05, 0) is 29.3 Å². The van der Waals surface area contributed by atoms with Crippen molar-refractivity contribution in [2.24, 2.45) is 0 Å². The van der Waals surface area contributed by atoms with Crippen molar-refractivity contribution in [3.63, 3.8) is 0 Å². The maximum Gasteiger partial charge on any atom is 0.276 e. The number of non-ortho nitro benzene ring substituents is 2. The zero-order valence-corrected chi connectivity index (χ0v) is 13.1. The molecule has 0 atom stereocenters. The van der Waals surface area contributed by atoms with Crippen molar-refractivity contribution in [2.75, 3.05) is 5.73 Å². The Kier molecular flexibility index (Phi) is 5.78. The van der Waals surface area contributed by atoms with Gasteiger partial charge in [0, 0.05) is 17.8 Å². The van der Waals surface area contributed by atoms with Gasteiger partial charge >= 0.3 is 0 Å². The molecule has 0 bridgehead atoms. The fourth-order valence-electron chi connectivity index (χ4n) is 2.03. The first kappa shape index (κ1) is 17.6. The number of hydrogen-bond donors (Lipinski definition) is 1. The number of anilines is 1. The van der Waals surface area contributed by atoms with E-state index in [9.17, 15) is 20.2 Å². The lowest BCUT2D eigenvalue weighted by atomic mass is 10.1. The van der Waals surface area contributed by atoms with Gasteiger partial charge in [0.25, 0.3) is 11.4 Å². The van der Waals surface area contributed by atoms with Crippen LogP contribution in [0.2, 0.25) is 0 Å². The lowest BCUT2D eigenvalue weighted by molar-refractivity contribution is -0.394. The Labute approximate surface area is 143 Å². The summed E-state index contributed by atoms with van der Waals surface area (Å²) in [5, 5.41) is 20.3. The van der Waals surface area contributed by atoms with Gasteiger partial charge in [0.15, 0.2) is 0 Å². The average molecular weight is 337 g/mol. The van der Waals surface area contributed by atoms with Gasteiger partial charge < -0.3 is 5.73 Å². The first-order chi connectivity index (χ1) is 12.0. The van der Waals surface area contributed by atoms with E-state index in [0.29, 0.717) is 0 Å². The highest BCUT2D eigenvalue weighted by molar-refractivity contribution is 5.65. The van der Waals surface area contributed by atoms with E-state index in [1.807, 2.05) is 42.5 Å². The second-order valence-electron chi connectivity index (χ2n) is 5.02. The molecule has 0 radical (unpaired) electrons. The summed E-state index contributed by atoms with van der Waals surface area (Å²) in [5.41, 5.74) is 8.29. The molecule has 0 aromatic heterocycles. The van der Waals surface area contributed by atoms with Crippen LogP contribution in [0.25, 0.3) is 11.1 Å². The van der Waals surface area contributed by atoms with Crippen LogP contribution in [0, 0.1) is 20.2 Å². The number of nitro benzene ring substituents is 2. The van der Waals surface area contributed by atoms with Gasteiger partial charge in [0.1, 0.15) is 0 Å². The second kappa shape index (κ2) is 8.21. The summed E-state index contributed by atoms with van der Waals surface area (Å²) in [6, 6.07) is 22.8. The molecule has 0 spiro atoms. The summed E-state index contributed by atoms with van der Waals surface area (Å²) >= 11 is 0. The summed E-state index contributed by atoms with van der Waals surface area (Å²) in [7, 11) is 0. The van der Waals surface area contributed by atoms with Gasteiger partial charge in [0.05, 0.1) is 15.9 Å². The predicted octanol–water partition coefficient (Wildman–Crippen LogP) is 4.44. The molecule has 0 aliphatic heterocycles. The number of nitro groups is 2. The maximum atomic E-state index is 10.2. The maximum absolute atomic E-state index is 10.2. The van der Waals surface area contributed by atoms with E-state index < -0.39 is 9.85 Å². The minimum Gasteiger partial charge on any atom is -0.399 e. The van der Waals surface area contributed by atoms with Crippen LogP contribution < -0.4 is 5.73 Å². The Morgan fingerprint density at radius 2 is 1.12 bits per heavy atom. The van der Waals surface area contributed by atoms with E-state index in [4.69, 9.17) is 5.73 Å². The Bertz CT molecular complexity index is 836. The average Bonchev–Trinajstić information content (AvgIpc) is 2.63. The molecule has 3 aromatic carbocycles. The lowest BCUT2D eigenvalue weighted by Crippen LogP contribution is -1.91. The van der Waals surface area contributed by atoms with Crippen molar-refractivity contribution in [1.82, 2.24) is 0 Å². The molecular formula is C18H15N3O4. The summed E-state index contributed by atoms with van der Waals surface area (Å²) in [6.07, 6.45) is 0. The first-order valence-electron chi connectivity index (χ1n) is 7.27. The molecule has 0 aliphatic carbocycles. The van der Waals surface area contributed by atoms with Crippen LogP contribution in [0.3, 0.4) is 0 Å². The molecule has 0 unspecified atom stereocenters. The molecule has 7 nitrogen and oxygen atoms in total. The molecule has 3 rings (SSSR count). The fourth-order valence-corrected chi connectivity index (χ4v) is 2.03. The largest absolute Gasteiger partial charge is 0.399 e. The van der Waals surface area contributed by atoms with E-state index in [1.54, 1.807) is 0 Å². The number of benzene rings is 3. The predicted molar refractivity (Wildman–Crippen MR) is 96.0 cm³/mol. The topological polar surface area (TPSA) is 112 Å². The Balaban J connectivity index is 0.000000181. The molecule has 0 saturated carbocycles. The van der Waals surface area contributed by atoms with Crippen molar-refractivity contribution in [3.8, 4) is 11.1 Å². The van der Waals surface area contributed by atoms with E-state index >= 15 is 0 Å². The van der Waals surface area contributed by atoms with Crippen molar-refractivity contribution < 1.29 is 9.85 Å². The third kappa shape index (κ3) is 5.14. The molecule has 25 heavy (non-hydrogen) atoms. The number of nitrogens with zero attached hydrogens (tertiary/aromatic N) is 2. The number of hydrogen-bond acceptors (Lipinski definition) is 5. The summed E-state index contributed by atoms with van der Waals surface area (Å²) < 4.78 is 0. The lowest BCUT2D eigenvalue weighted by Gasteiger charge is -2.00. The summed E-state index contributed by atoms with van der Waals surface area (Å²) in [4.78, 5) is 19.0. The number of nitrogens with two attached hydrogens (primary N) is 1. The van der Waals surface area contributed by atoms with Crippen LogP contribution in [0.5, 0.6) is 0 Å². The van der Waals surface area contributed by atoms with E-state index in [2.05, 4.69) is 12.1 Å². The third-order valence-corrected chi connectivity index (χ3v) is 3.27. The minimum absolute atomic E-state index is 0.274. The Morgan fingerprint density at radius 1 is 0.640 bits per heavy atom. The number of rotatable bonds is 3. The van der Waals surface area contributed by atoms with Crippen LogP contribution in [0.4, 0.5) is 17.1 Å². The van der Waals surface area contributed by atoms with Gasteiger partial charge in [-0.1, -0.05) is 42.5 Å². The second-order valence-corrected chi connectivity index (χ2v) is 5.02. The quantitative estimate of drug-likeness (QED) is 0.431. The van der Waals surface area contributed by atoms with Crippen LogP contribution in [-0.4, -0.2) is 9.85 Å². The highest BCUT2D eigenvalue weighted by Crippen LogP contribution is 2.19. The monoisotopic (exact) mass is 337 g/mol. The van der Waals surface area contributed by atoms with Crippen molar-refractivity contribution in [2.45, 2.75) is 0 Å². The summed E-state index contributed by atoms with van der Waals surface area (Å²) in [5.74, 6) is 0. The smallest absolute Gasteiger partial charge is 0.276 e.